The molecule has 0 spiro atoms. The molecule has 7 nitrogen and oxygen atoms in total. The van der Waals surface area contributed by atoms with Gasteiger partial charge in [-0.2, -0.15) is 0 Å². The molecule has 0 atom stereocenters. The predicted molar refractivity (Wildman–Crippen MR) is 99.0 cm³/mol. The molecule has 0 aliphatic heterocycles. The molecule has 0 saturated heterocycles. The van der Waals surface area contributed by atoms with Gasteiger partial charge in [0.25, 0.3) is 5.69 Å². The van der Waals surface area contributed by atoms with Crippen molar-refractivity contribution in [3.8, 4) is 5.75 Å². The minimum absolute atomic E-state index is 0.000249. The van der Waals surface area contributed by atoms with Crippen molar-refractivity contribution < 1.29 is 18.1 Å². The Labute approximate surface area is 153 Å². The SMILES string of the molecule is Cc1cccc([N+](=O)[O-])c1S(=O)(=O)NCCOc1ccccc1C(C)C. The molecule has 0 aliphatic carbocycles. The first-order chi connectivity index (χ1) is 12.2. The molecule has 0 saturated carbocycles. The lowest BCUT2D eigenvalue weighted by molar-refractivity contribution is -0.387. The van der Waals surface area contributed by atoms with Gasteiger partial charge < -0.3 is 4.74 Å². The molecule has 8 heteroatoms. The normalized spacial score (nSPS) is 11.5. The van der Waals surface area contributed by atoms with E-state index in [0.717, 1.165) is 5.56 Å². The number of nitrogens with zero attached hydrogens (tertiary/aromatic N) is 1. The Morgan fingerprint density at radius 1 is 1.15 bits per heavy atom. The Hall–Kier alpha value is -2.45. The summed E-state index contributed by atoms with van der Waals surface area (Å²) in [6.07, 6.45) is 0. The summed E-state index contributed by atoms with van der Waals surface area (Å²) < 4.78 is 33.0. The second kappa shape index (κ2) is 8.29. The second-order valence-electron chi connectivity index (χ2n) is 6.12. The van der Waals surface area contributed by atoms with Crippen LogP contribution < -0.4 is 9.46 Å². The number of hydrogen-bond donors (Lipinski definition) is 1. The number of ether oxygens (including phenoxy) is 1. The number of rotatable bonds is 8. The third kappa shape index (κ3) is 4.59. The van der Waals surface area contributed by atoms with Crippen molar-refractivity contribution in [3.63, 3.8) is 0 Å². The summed E-state index contributed by atoms with van der Waals surface area (Å²) in [6.45, 7) is 5.73. The molecule has 26 heavy (non-hydrogen) atoms. The molecule has 0 unspecified atom stereocenters. The third-order valence-electron chi connectivity index (χ3n) is 3.85. The highest BCUT2D eigenvalue weighted by atomic mass is 32.2. The van der Waals surface area contributed by atoms with Gasteiger partial charge in [0.1, 0.15) is 12.4 Å². The van der Waals surface area contributed by atoms with E-state index in [1.165, 1.54) is 25.1 Å². The van der Waals surface area contributed by atoms with Crippen molar-refractivity contribution in [2.24, 2.45) is 0 Å². The summed E-state index contributed by atoms with van der Waals surface area (Å²) in [5.41, 5.74) is 0.909. The van der Waals surface area contributed by atoms with Crippen LogP contribution in [0, 0.1) is 17.0 Å². The van der Waals surface area contributed by atoms with Gasteiger partial charge in [0.15, 0.2) is 4.90 Å². The van der Waals surface area contributed by atoms with Gasteiger partial charge in [0, 0.05) is 12.6 Å². The first-order valence-corrected chi connectivity index (χ1v) is 9.67. The quantitative estimate of drug-likeness (QED) is 0.431. The zero-order chi connectivity index (χ0) is 19.3. The summed E-state index contributed by atoms with van der Waals surface area (Å²) in [6, 6.07) is 11.7. The highest BCUT2D eigenvalue weighted by Gasteiger charge is 2.27. The molecule has 0 heterocycles. The fraction of sp³-hybridized carbons (Fsp3) is 0.333. The number of hydrogen-bond acceptors (Lipinski definition) is 5. The van der Waals surface area contributed by atoms with Gasteiger partial charge >= 0.3 is 0 Å². The number of nitro groups is 1. The molecule has 0 aromatic heterocycles. The van der Waals surface area contributed by atoms with Crippen molar-refractivity contribution in [1.82, 2.24) is 4.72 Å². The maximum atomic E-state index is 12.5. The lowest BCUT2D eigenvalue weighted by Gasteiger charge is -2.14. The molecule has 2 aromatic rings. The summed E-state index contributed by atoms with van der Waals surface area (Å²) in [7, 11) is -4.02. The smallest absolute Gasteiger partial charge is 0.289 e. The van der Waals surface area contributed by atoms with Crippen LogP contribution in [0.25, 0.3) is 0 Å². The minimum atomic E-state index is -4.02. The highest BCUT2D eigenvalue weighted by Crippen LogP contribution is 2.27. The molecule has 1 N–H and O–H groups in total. The van der Waals surface area contributed by atoms with E-state index in [2.05, 4.69) is 4.72 Å². The first kappa shape index (κ1) is 19.9. The van der Waals surface area contributed by atoms with Crippen molar-refractivity contribution in [1.29, 1.82) is 0 Å². The van der Waals surface area contributed by atoms with Gasteiger partial charge in [-0.15, -0.1) is 0 Å². The van der Waals surface area contributed by atoms with E-state index in [-0.39, 0.29) is 24.0 Å². The maximum absolute atomic E-state index is 12.5. The number of benzene rings is 2. The lowest BCUT2D eigenvalue weighted by atomic mass is 10.0. The van der Waals surface area contributed by atoms with Crippen LogP contribution in [0.5, 0.6) is 5.75 Å². The topological polar surface area (TPSA) is 98.5 Å². The number of para-hydroxylation sites is 1. The number of nitrogens with one attached hydrogen (secondary N) is 1. The van der Waals surface area contributed by atoms with Crippen LogP contribution in [0.1, 0.15) is 30.9 Å². The van der Waals surface area contributed by atoms with Gasteiger partial charge in [-0.25, -0.2) is 13.1 Å². The number of nitro benzene ring substituents is 1. The van der Waals surface area contributed by atoms with E-state index in [1.807, 2.05) is 38.1 Å². The number of sulfonamides is 1. The van der Waals surface area contributed by atoms with E-state index < -0.39 is 20.6 Å². The molecular weight excluding hydrogens is 356 g/mol. The average molecular weight is 378 g/mol. The fourth-order valence-corrected chi connectivity index (χ4v) is 4.03. The highest BCUT2D eigenvalue weighted by molar-refractivity contribution is 7.89. The zero-order valence-corrected chi connectivity index (χ0v) is 15.7. The van der Waals surface area contributed by atoms with Crippen LogP contribution >= 0.6 is 0 Å². The Bertz CT molecular complexity index is 894. The van der Waals surface area contributed by atoms with E-state index in [4.69, 9.17) is 4.74 Å². The molecule has 0 radical (unpaired) electrons. The summed E-state index contributed by atoms with van der Waals surface area (Å²) in [5.74, 6) is 0.973. The van der Waals surface area contributed by atoms with Gasteiger partial charge in [0.2, 0.25) is 10.0 Å². The Morgan fingerprint density at radius 3 is 2.50 bits per heavy atom. The average Bonchev–Trinajstić information content (AvgIpc) is 2.58. The first-order valence-electron chi connectivity index (χ1n) is 8.19. The summed E-state index contributed by atoms with van der Waals surface area (Å²) >= 11 is 0. The van der Waals surface area contributed by atoms with E-state index in [9.17, 15) is 18.5 Å². The molecular formula is C18H22N2O5S. The Balaban J connectivity index is 2.08. The Morgan fingerprint density at radius 2 is 1.85 bits per heavy atom. The monoisotopic (exact) mass is 378 g/mol. The summed E-state index contributed by atoms with van der Waals surface area (Å²) in [5, 5.41) is 11.1. The van der Waals surface area contributed by atoms with Gasteiger partial charge in [-0.1, -0.05) is 44.2 Å². The van der Waals surface area contributed by atoms with Crippen LogP contribution in [0.2, 0.25) is 0 Å². The molecule has 0 amide bonds. The van der Waals surface area contributed by atoms with Crippen molar-refractivity contribution in [2.45, 2.75) is 31.6 Å². The molecule has 140 valence electrons. The molecule has 0 aliphatic rings. The van der Waals surface area contributed by atoms with Gasteiger partial charge in [-0.05, 0) is 30.0 Å². The van der Waals surface area contributed by atoms with E-state index in [1.54, 1.807) is 0 Å². The van der Waals surface area contributed by atoms with Crippen LogP contribution in [0.4, 0.5) is 5.69 Å². The van der Waals surface area contributed by atoms with Crippen molar-refractivity contribution >= 4 is 15.7 Å². The second-order valence-corrected chi connectivity index (χ2v) is 7.82. The van der Waals surface area contributed by atoms with Crippen LogP contribution in [-0.4, -0.2) is 26.5 Å². The minimum Gasteiger partial charge on any atom is -0.492 e. The number of aryl methyl sites for hydroxylation is 1. The standard InChI is InChI=1S/C18H22N2O5S/c1-13(2)15-8-4-5-10-17(15)25-12-11-19-26(23,24)18-14(3)7-6-9-16(18)20(21)22/h4-10,13,19H,11-12H2,1-3H3. The van der Waals surface area contributed by atoms with Crippen LogP contribution in [0.15, 0.2) is 47.4 Å². The third-order valence-corrected chi connectivity index (χ3v) is 5.50. The van der Waals surface area contributed by atoms with E-state index in [0.29, 0.717) is 11.3 Å². The predicted octanol–water partition coefficient (Wildman–Crippen LogP) is 3.38. The molecule has 2 aromatic carbocycles. The molecule has 0 fully saturated rings. The van der Waals surface area contributed by atoms with Crippen LogP contribution in [0.3, 0.4) is 0 Å². The lowest BCUT2D eigenvalue weighted by Crippen LogP contribution is -2.29. The maximum Gasteiger partial charge on any atom is 0.289 e. The summed E-state index contributed by atoms with van der Waals surface area (Å²) in [4.78, 5) is 10.1. The van der Waals surface area contributed by atoms with Gasteiger partial charge in [0.05, 0.1) is 4.92 Å². The van der Waals surface area contributed by atoms with Gasteiger partial charge in [-0.3, -0.25) is 10.1 Å². The fourth-order valence-electron chi connectivity index (χ4n) is 2.63. The Kier molecular flexibility index (Phi) is 6.33. The molecule has 0 bridgehead atoms. The van der Waals surface area contributed by atoms with Crippen molar-refractivity contribution in [3.05, 3.63) is 63.7 Å². The van der Waals surface area contributed by atoms with Crippen molar-refractivity contribution in [2.75, 3.05) is 13.2 Å². The van der Waals surface area contributed by atoms with E-state index >= 15 is 0 Å². The zero-order valence-electron chi connectivity index (χ0n) is 14.9. The van der Waals surface area contributed by atoms with Crippen LogP contribution in [-0.2, 0) is 10.0 Å². The largest absolute Gasteiger partial charge is 0.492 e. The molecule has 2 rings (SSSR count).